The van der Waals surface area contributed by atoms with E-state index >= 15 is 0 Å². The molecule has 212 valence electrons. The first-order valence-corrected chi connectivity index (χ1v) is 13.7. The lowest BCUT2D eigenvalue weighted by Gasteiger charge is -2.23. The van der Waals surface area contributed by atoms with Gasteiger partial charge in [0.1, 0.15) is 5.60 Å². The van der Waals surface area contributed by atoms with Gasteiger partial charge in [0.15, 0.2) is 0 Å². The highest BCUT2D eigenvalue weighted by atomic mass is 16.6. The van der Waals surface area contributed by atoms with Gasteiger partial charge in [-0.15, -0.1) is 0 Å². The van der Waals surface area contributed by atoms with Crippen molar-refractivity contribution >= 4 is 23.6 Å². The Labute approximate surface area is 226 Å². The summed E-state index contributed by atoms with van der Waals surface area (Å²) in [4.78, 5) is 50.5. The minimum atomic E-state index is -0.644. The lowest BCUT2D eigenvalue weighted by molar-refractivity contribution is -0.142. The molecule has 38 heavy (non-hydrogen) atoms. The normalized spacial score (nSPS) is 15.5. The van der Waals surface area contributed by atoms with Crippen molar-refractivity contribution in [3.05, 3.63) is 35.9 Å². The fourth-order valence-electron chi connectivity index (χ4n) is 4.07. The Morgan fingerprint density at radius 2 is 1.53 bits per heavy atom. The maximum absolute atomic E-state index is 12.7. The predicted molar refractivity (Wildman–Crippen MR) is 144 cm³/mol. The SMILES string of the molecule is CC(C)(C)OC(=O)NCCCOCCCCOCCCCC(=O)C(=O)C1CCC(=O)N1Cc1ccccc1. The highest BCUT2D eigenvalue weighted by molar-refractivity contribution is 6.39. The van der Waals surface area contributed by atoms with Gasteiger partial charge in [0.05, 0.1) is 6.04 Å². The molecule has 1 fully saturated rings. The van der Waals surface area contributed by atoms with Crippen LogP contribution < -0.4 is 5.32 Å². The van der Waals surface area contributed by atoms with Gasteiger partial charge in [0.25, 0.3) is 0 Å². The Kier molecular flexibility index (Phi) is 14.0. The van der Waals surface area contributed by atoms with E-state index in [1.54, 1.807) is 4.90 Å². The summed E-state index contributed by atoms with van der Waals surface area (Å²) in [5.41, 5.74) is 0.451. The van der Waals surface area contributed by atoms with Crippen LogP contribution in [0.25, 0.3) is 0 Å². The van der Waals surface area contributed by atoms with Crippen molar-refractivity contribution in [2.24, 2.45) is 0 Å². The number of nitrogens with zero attached hydrogens (tertiary/aromatic N) is 1. The fourth-order valence-corrected chi connectivity index (χ4v) is 4.07. The number of nitrogens with one attached hydrogen (secondary N) is 1. The third kappa shape index (κ3) is 12.6. The van der Waals surface area contributed by atoms with Crippen LogP contribution in [0.4, 0.5) is 4.79 Å². The Hall–Kier alpha value is -2.78. The minimum Gasteiger partial charge on any atom is -0.444 e. The smallest absolute Gasteiger partial charge is 0.407 e. The number of ether oxygens (including phenoxy) is 3. The van der Waals surface area contributed by atoms with Crippen LogP contribution in [0.2, 0.25) is 0 Å². The van der Waals surface area contributed by atoms with Crippen LogP contribution in [0.1, 0.15) is 77.7 Å². The van der Waals surface area contributed by atoms with Gasteiger partial charge in [0.2, 0.25) is 17.5 Å². The number of hydrogen-bond donors (Lipinski definition) is 1. The molecule has 1 aliphatic rings. The van der Waals surface area contributed by atoms with Gasteiger partial charge < -0.3 is 24.4 Å². The molecule has 2 rings (SSSR count). The summed E-state index contributed by atoms with van der Waals surface area (Å²) >= 11 is 0. The molecule has 1 saturated heterocycles. The first-order chi connectivity index (χ1) is 18.2. The number of carbonyl (C=O) groups is 4. The predicted octanol–water partition coefficient (Wildman–Crippen LogP) is 4.21. The minimum absolute atomic E-state index is 0.0750. The molecule has 9 heteroatoms. The van der Waals surface area contributed by atoms with E-state index in [0.29, 0.717) is 65.2 Å². The Morgan fingerprint density at radius 1 is 0.921 bits per heavy atom. The van der Waals surface area contributed by atoms with E-state index in [4.69, 9.17) is 14.2 Å². The standard InChI is InChI=1S/C29H44N2O7/c1-29(2,3)38-28(35)30-17-11-21-37-20-10-9-19-36-18-8-7-14-25(32)27(34)24-15-16-26(33)31(24)22-23-12-5-4-6-13-23/h4-6,12-13,24H,7-11,14-22H2,1-3H3,(H,30,35). The summed E-state index contributed by atoms with van der Waals surface area (Å²) in [6.45, 7) is 8.71. The molecule has 0 spiro atoms. The molecule has 1 heterocycles. The van der Waals surface area contributed by atoms with Gasteiger partial charge in [-0.2, -0.15) is 0 Å². The van der Waals surface area contributed by atoms with Crippen molar-refractivity contribution in [2.75, 3.05) is 33.0 Å². The zero-order chi connectivity index (χ0) is 27.8. The summed E-state index contributed by atoms with van der Waals surface area (Å²) < 4.78 is 16.3. The quantitative estimate of drug-likeness (QED) is 0.223. The zero-order valence-corrected chi connectivity index (χ0v) is 23.2. The van der Waals surface area contributed by atoms with Crippen molar-refractivity contribution < 1.29 is 33.4 Å². The van der Waals surface area contributed by atoms with Gasteiger partial charge in [-0.05, 0) is 64.9 Å². The zero-order valence-electron chi connectivity index (χ0n) is 23.2. The number of rotatable bonds is 18. The summed E-state index contributed by atoms with van der Waals surface area (Å²) in [7, 11) is 0. The summed E-state index contributed by atoms with van der Waals surface area (Å²) in [6, 6.07) is 8.87. The molecule has 1 aromatic carbocycles. The van der Waals surface area contributed by atoms with Gasteiger partial charge >= 0.3 is 6.09 Å². The fraction of sp³-hybridized carbons (Fsp3) is 0.655. The van der Waals surface area contributed by atoms with Crippen molar-refractivity contribution in [1.82, 2.24) is 10.2 Å². The van der Waals surface area contributed by atoms with Crippen LogP contribution in [0.15, 0.2) is 30.3 Å². The highest BCUT2D eigenvalue weighted by Gasteiger charge is 2.38. The van der Waals surface area contributed by atoms with E-state index in [2.05, 4.69) is 5.32 Å². The summed E-state index contributed by atoms with van der Waals surface area (Å²) in [5, 5.41) is 2.70. The number of likely N-dealkylation sites (tertiary alicyclic amines) is 1. The number of alkyl carbamates (subject to hydrolysis) is 1. The maximum atomic E-state index is 12.7. The molecule has 2 amide bonds. The van der Waals surface area contributed by atoms with Gasteiger partial charge in [-0.3, -0.25) is 14.4 Å². The largest absolute Gasteiger partial charge is 0.444 e. The van der Waals surface area contributed by atoms with Gasteiger partial charge in [0, 0.05) is 52.4 Å². The number of amides is 2. The first kappa shape index (κ1) is 31.4. The first-order valence-electron chi connectivity index (χ1n) is 13.7. The van der Waals surface area contributed by atoms with Gasteiger partial charge in [-0.1, -0.05) is 30.3 Å². The third-order valence-corrected chi connectivity index (χ3v) is 6.00. The van der Waals surface area contributed by atoms with Crippen LogP contribution in [-0.4, -0.2) is 73.1 Å². The molecule has 1 N–H and O–H groups in total. The lowest BCUT2D eigenvalue weighted by atomic mass is 10.0. The van der Waals surface area contributed by atoms with E-state index < -0.39 is 29.3 Å². The molecule has 0 aromatic heterocycles. The summed E-state index contributed by atoms with van der Waals surface area (Å²) in [5.74, 6) is -0.927. The van der Waals surface area contributed by atoms with Crippen molar-refractivity contribution in [1.29, 1.82) is 0 Å². The monoisotopic (exact) mass is 532 g/mol. The molecule has 1 aliphatic heterocycles. The lowest BCUT2D eigenvalue weighted by Crippen LogP contribution is -2.41. The molecule has 0 bridgehead atoms. The Bertz CT molecular complexity index is 883. The number of Topliss-reactive ketones (excluding diaryl/α,β-unsaturated/α-hetero) is 2. The van der Waals surface area contributed by atoms with Crippen molar-refractivity contribution in [3.63, 3.8) is 0 Å². The van der Waals surface area contributed by atoms with Crippen LogP contribution in [0, 0.1) is 0 Å². The molecular weight excluding hydrogens is 488 g/mol. The topological polar surface area (TPSA) is 111 Å². The van der Waals surface area contributed by atoms with Crippen LogP contribution in [0.5, 0.6) is 0 Å². The van der Waals surface area contributed by atoms with E-state index in [1.807, 2.05) is 51.1 Å². The molecule has 0 aliphatic carbocycles. The number of carbonyl (C=O) groups excluding carboxylic acids is 4. The third-order valence-electron chi connectivity index (χ3n) is 6.00. The number of benzene rings is 1. The molecule has 1 unspecified atom stereocenters. The van der Waals surface area contributed by atoms with Gasteiger partial charge in [-0.25, -0.2) is 4.79 Å². The number of unbranched alkanes of at least 4 members (excludes halogenated alkanes) is 2. The van der Waals surface area contributed by atoms with E-state index in [0.717, 1.165) is 24.8 Å². The number of hydrogen-bond acceptors (Lipinski definition) is 7. The van der Waals surface area contributed by atoms with Crippen LogP contribution in [-0.2, 0) is 35.1 Å². The summed E-state index contributed by atoms with van der Waals surface area (Å²) in [6.07, 6.45) is 4.25. The Morgan fingerprint density at radius 3 is 2.16 bits per heavy atom. The van der Waals surface area contributed by atoms with E-state index in [9.17, 15) is 19.2 Å². The molecule has 1 atom stereocenters. The molecule has 0 saturated carbocycles. The van der Waals surface area contributed by atoms with Crippen LogP contribution >= 0.6 is 0 Å². The molecule has 9 nitrogen and oxygen atoms in total. The van der Waals surface area contributed by atoms with E-state index in [1.165, 1.54) is 0 Å². The highest BCUT2D eigenvalue weighted by Crippen LogP contribution is 2.23. The molecule has 0 radical (unpaired) electrons. The van der Waals surface area contributed by atoms with E-state index in [-0.39, 0.29) is 12.3 Å². The number of ketones is 2. The van der Waals surface area contributed by atoms with Crippen LogP contribution in [0.3, 0.4) is 0 Å². The average molecular weight is 533 g/mol. The maximum Gasteiger partial charge on any atom is 0.407 e. The van der Waals surface area contributed by atoms with Crippen molar-refractivity contribution in [2.45, 2.75) is 90.3 Å². The molecule has 1 aromatic rings. The second-order valence-corrected chi connectivity index (χ2v) is 10.5. The molecular formula is C29H44N2O7. The Balaban J connectivity index is 1.45. The average Bonchev–Trinajstić information content (AvgIpc) is 3.22. The second kappa shape index (κ2) is 16.9. The second-order valence-electron chi connectivity index (χ2n) is 10.5. The van der Waals surface area contributed by atoms with Crippen molar-refractivity contribution in [3.8, 4) is 0 Å².